The average Bonchev–Trinajstić information content (AvgIpc) is 2.18. The molecule has 0 saturated carbocycles. The van der Waals surface area contributed by atoms with E-state index in [2.05, 4.69) is 44.3 Å². The maximum Gasteiger partial charge on any atom is 0.0102 e. The Bertz CT molecular complexity index is 267. The minimum atomic E-state index is 0.606. The second kappa shape index (κ2) is 5.16. The van der Waals surface area contributed by atoms with Crippen molar-refractivity contribution in [2.45, 2.75) is 39.7 Å². The minimum Gasteiger partial charge on any atom is -0.317 e. The number of hydrogen-bond donors (Lipinski definition) is 1. The minimum absolute atomic E-state index is 0.606. The number of hydrogen-bond acceptors (Lipinski definition) is 1. The highest BCUT2D eigenvalue weighted by atomic mass is 14.9. The van der Waals surface area contributed by atoms with Gasteiger partial charge in [-0.15, -0.1) is 0 Å². The van der Waals surface area contributed by atoms with Gasteiger partial charge in [-0.2, -0.15) is 0 Å². The van der Waals surface area contributed by atoms with Crippen LogP contribution in [0.3, 0.4) is 0 Å². The van der Waals surface area contributed by atoms with E-state index >= 15 is 0 Å². The standard InChI is InChI=1S/C13H21N/c1-5-12(14-4)9-13-10(2)7-6-8-11(13)3/h6-8,12,14H,5,9H2,1-4H3. The van der Waals surface area contributed by atoms with Gasteiger partial charge in [0.15, 0.2) is 0 Å². The maximum atomic E-state index is 3.35. The highest BCUT2D eigenvalue weighted by molar-refractivity contribution is 5.34. The molecule has 1 unspecified atom stereocenters. The summed E-state index contributed by atoms with van der Waals surface area (Å²) in [5, 5.41) is 3.35. The van der Waals surface area contributed by atoms with E-state index in [9.17, 15) is 0 Å². The van der Waals surface area contributed by atoms with Gasteiger partial charge in [-0.05, 0) is 50.4 Å². The molecular weight excluding hydrogens is 170 g/mol. The average molecular weight is 191 g/mol. The summed E-state index contributed by atoms with van der Waals surface area (Å²) in [6.07, 6.45) is 2.33. The molecule has 0 heterocycles. The molecule has 0 amide bonds. The van der Waals surface area contributed by atoms with Crippen molar-refractivity contribution < 1.29 is 0 Å². The van der Waals surface area contributed by atoms with Crippen molar-refractivity contribution in [1.29, 1.82) is 0 Å². The van der Waals surface area contributed by atoms with Crippen molar-refractivity contribution in [3.63, 3.8) is 0 Å². The normalized spacial score (nSPS) is 12.9. The van der Waals surface area contributed by atoms with Crippen molar-refractivity contribution in [3.05, 3.63) is 34.9 Å². The first-order valence-electron chi connectivity index (χ1n) is 5.41. The van der Waals surface area contributed by atoms with Crippen LogP contribution in [0.1, 0.15) is 30.0 Å². The van der Waals surface area contributed by atoms with Crippen LogP contribution in [0.4, 0.5) is 0 Å². The van der Waals surface area contributed by atoms with E-state index in [0.717, 1.165) is 6.42 Å². The van der Waals surface area contributed by atoms with E-state index in [-0.39, 0.29) is 0 Å². The Morgan fingerprint density at radius 3 is 2.21 bits per heavy atom. The molecular formula is C13H21N. The lowest BCUT2D eigenvalue weighted by Gasteiger charge is -2.17. The monoisotopic (exact) mass is 191 g/mol. The molecule has 1 nitrogen and oxygen atoms in total. The molecule has 0 aromatic heterocycles. The topological polar surface area (TPSA) is 12.0 Å². The summed E-state index contributed by atoms with van der Waals surface area (Å²) in [4.78, 5) is 0. The fourth-order valence-electron chi connectivity index (χ4n) is 1.87. The summed E-state index contributed by atoms with van der Waals surface area (Å²) in [5.74, 6) is 0. The predicted octanol–water partition coefficient (Wildman–Crippen LogP) is 2.84. The van der Waals surface area contributed by atoms with Crippen LogP contribution in [-0.2, 0) is 6.42 Å². The molecule has 1 aromatic rings. The lowest BCUT2D eigenvalue weighted by atomic mass is 9.95. The molecule has 14 heavy (non-hydrogen) atoms. The van der Waals surface area contributed by atoms with Gasteiger partial charge >= 0.3 is 0 Å². The fourth-order valence-corrected chi connectivity index (χ4v) is 1.87. The molecule has 0 radical (unpaired) electrons. The van der Waals surface area contributed by atoms with Crippen LogP contribution in [0.5, 0.6) is 0 Å². The zero-order valence-corrected chi connectivity index (χ0v) is 9.72. The Morgan fingerprint density at radius 2 is 1.79 bits per heavy atom. The SMILES string of the molecule is CCC(Cc1c(C)cccc1C)NC. The van der Waals surface area contributed by atoms with Crippen LogP contribution >= 0.6 is 0 Å². The van der Waals surface area contributed by atoms with Gasteiger partial charge in [0.1, 0.15) is 0 Å². The number of likely N-dealkylation sites (N-methyl/N-ethyl adjacent to an activating group) is 1. The molecule has 1 aromatic carbocycles. The molecule has 0 saturated heterocycles. The fraction of sp³-hybridized carbons (Fsp3) is 0.538. The van der Waals surface area contributed by atoms with Gasteiger partial charge < -0.3 is 5.32 Å². The van der Waals surface area contributed by atoms with Gasteiger partial charge in [-0.3, -0.25) is 0 Å². The summed E-state index contributed by atoms with van der Waals surface area (Å²) in [7, 11) is 2.04. The molecule has 1 rings (SSSR count). The number of benzene rings is 1. The van der Waals surface area contributed by atoms with Crippen molar-refractivity contribution in [1.82, 2.24) is 5.32 Å². The molecule has 1 atom stereocenters. The molecule has 0 aliphatic heterocycles. The Kier molecular flexibility index (Phi) is 4.15. The van der Waals surface area contributed by atoms with Gasteiger partial charge in [0.05, 0.1) is 0 Å². The van der Waals surface area contributed by atoms with Crippen molar-refractivity contribution in [2.24, 2.45) is 0 Å². The highest BCUT2D eigenvalue weighted by Crippen LogP contribution is 2.16. The van der Waals surface area contributed by atoms with Gasteiger partial charge in [0, 0.05) is 6.04 Å². The Balaban J connectivity index is 2.84. The first kappa shape index (κ1) is 11.3. The third-order valence-corrected chi connectivity index (χ3v) is 3.00. The predicted molar refractivity (Wildman–Crippen MR) is 62.8 cm³/mol. The van der Waals surface area contributed by atoms with E-state index in [0.29, 0.717) is 6.04 Å². The molecule has 0 bridgehead atoms. The first-order valence-corrected chi connectivity index (χ1v) is 5.41. The van der Waals surface area contributed by atoms with Gasteiger partial charge in [-0.25, -0.2) is 0 Å². The van der Waals surface area contributed by atoms with Crippen LogP contribution in [0.2, 0.25) is 0 Å². The van der Waals surface area contributed by atoms with Crippen molar-refractivity contribution in [2.75, 3.05) is 7.05 Å². The van der Waals surface area contributed by atoms with Crippen LogP contribution in [0, 0.1) is 13.8 Å². The largest absolute Gasteiger partial charge is 0.317 e. The van der Waals surface area contributed by atoms with E-state index in [1.54, 1.807) is 0 Å². The molecule has 1 N–H and O–H groups in total. The summed E-state index contributed by atoms with van der Waals surface area (Å²) < 4.78 is 0. The summed E-state index contributed by atoms with van der Waals surface area (Å²) >= 11 is 0. The maximum absolute atomic E-state index is 3.35. The van der Waals surface area contributed by atoms with Gasteiger partial charge in [-0.1, -0.05) is 25.1 Å². The molecule has 0 fully saturated rings. The van der Waals surface area contributed by atoms with Crippen molar-refractivity contribution >= 4 is 0 Å². The van der Waals surface area contributed by atoms with E-state index in [1.807, 2.05) is 7.05 Å². The molecule has 1 heteroatoms. The van der Waals surface area contributed by atoms with Crippen LogP contribution in [0.15, 0.2) is 18.2 Å². The zero-order chi connectivity index (χ0) is 10.6. The molecule has 78 valence electrons. The van der Waals surface area contributed by atoms with Crippen LogP contribution < -0.4 is 5.32 Å². The Morgan fingerprint density at radius 1 is 1.21 bits per heavy atom. The second-order valence-corrected chi connectivity index (χ2v) is 3.97. The Labute approximate surface area is 87.5 Å². The summed E-state index contributed by atoms with van der Waals surface area (Å²) in [6, 6.07) is 7.14. The number of rotatable bonds is 4. The van der Waals surface area contributed by atoms with Gasteiger partial charge in [0.2, 0.25) is 0 Å². The zero-order valence-electron chi connectivity index (χ0n) is 9.72. The Hall–Kier alpha value is -0.820. The second-order valence-electron chi connectivity index (χ2n) is 3.97. The lowest BCUT2D eigenvalue weighted by Crippen LogP contribution is -2.27. The highest BCUT2D eigenvalue weighted by Gasteiger charge is 2.08. The summed E-state index contributed by atoms with van der Waals surface area (Å²) in [5.41, 5.74) is 4.34. The molecule has 0 aliphatic rings. The molecule has 0 aliphatic carbocycles. The van der Waals surface area contributed by atoms with Crippen LogP contribution in [-0.4, -0.2) is 13.1 Å². The third kappa shape index (κ3) is 2.58. The smallest absolute Gasteiger partial charge is 0.0102 e. The quantitative estimate of drug-likeness (QED) is 0.771. The van der Waals surface area contributed by atoms with Crippen molar-refractivity contribution in [3.8, 4) is 0 Å². The summed E-state index contributed by atoms with van der Waals surface area (Å²) in [6.45, 7) is 6.63. The van der Waals surface area contributed by atoms with Gasteiger partial charge in [0.25, 0.3) is 0 Å². The van der Waals surface area contributed by atoms with E-state index < -0.39 is 0 Å². The van der Waals surface area contributed by atoms with E-state index in [1.165, 1.54) is 23.1 Å². The third-order valence-electron chi connectivity index (χ3n) is 3.00. The number of aryl methyl sites for hydroxylation is 2. The van der Waals surface area contributed by atoms with Crippen LogP contribution in [0.25, 0.3) is 0 Å². The lowest BCUT2D eigenvalue weighted by molar-refractivity contribution is 0.541. The first-order chi connectivity index (χ1) is 6.69. The number of nitrogens with one attached hydrogen (secondary N) is 1. The van der Waals surface area contributed by atoms with E-state index in [4.69, 9.17) is 0 Å². The molecule has 0 spiro atoms.